The quantitative estimate of drug-likeness (QED) is 0.720. The van der Waals surface area contributed by atoms with Crippen molar-refractivity contribution >= 4 is 11.2 Å². The first kappa shape index (κ1) is 19.0. The van der Waals surface area contributed by atoms with Gasteiger partial charge in [-0.3, -0.25) is 0 Å². The average molecular weight is 346 g/mol. The van der Waals surface area contributed by atoms with Crippen LogP contribution in [0.25, 0.3) is 0 Å². The van der Waals surface area contributed by atoms with Crippen LogP contribution in [0.2, 0.25) is 0 Å². The number of rotatable bonds is 8. The molecule has 2 rings (SSSR count). The van der Waals surface area contributed by atoms with Crippen molar-refractivity contribution in [2.45, 2.75) is 49.4 Å². The number of benzene rings is 2. The Morgan fingerprint density at radius 3 is 1.38 bits per heavy atom. The second-order valence-electron chi connectivity index (χ2n) is 6.19. The predicted molar refractivity (Wildman–Crippen MR) is 98.9 cm³/mol. The summed E-state index contributed by atoms with van der Waals surface area (Å²) in [5.41, 5.74) is 1.82. The first-order valence-corrected chi connectivity index (χ1v) is 9.53. The molecule has 0 saturated heterocycles. The van der Waals surface area contributed by atoms with Crippen LogP contribution in [-0.2, 0) is 24.0 Å². The minimum absolute atomic E-state index is 0.258. The largest absolute Gasteiger partial charge is 0.612 e. The molecule has 0 aliphatic carbocycles. The van der Waals surface area contributed by atoms with Crippen molar-refractivity contribution in [3.8, 4) is 0 Å². The fourth-order valence-electron chi connectivity index (χ4n) is 2.83. The summed E-state index contributed by atoms with van der Waals surface area (Å²) in [4.78, 5) is -2.91. The fraction of sp³-hybridized carbons (Fsp3) is 0.400. The van der Waals surface area contributed by atoms with Crippen molar-refractivity contribution in [1.82, 2.24) is 0 Å². The molecule has 2 aromatic rings. The van der Waals surface area contributed by atoms with Gasteiger partial charge in [0.1, 0.15) is 0 Å². The lowest BCUT2D eigenvalue weighted by atomic mass is 10.1. The molecule has 130 valence electrons. The van der Waals surface area contributed by atoms with Crippen molar-refractivity contribution in [2.24, 2.45) is 0 Å². The van der Waals surface area contributed by atoms with Crippen molar-refractivity contribution in [2.75, 3.05) is 0 Å². The summed E-state index contributed by atoms with van der Waals surface area (Å²) in [6.07, 6.45) is 1.14. The highest BCUT2D eigenvalue weighted by atomic mass is 32.2. The lowest BCUT2D eigenvalue weighted by Crippen LogP contribution is -2.54. The van der Waals surface area contributed by atoms with E-state index in [1.54, 1.807) is 13.8 Å². The molecule has 2 aromatic carbocycles. The van der Waals surface area contributed by atoms with E-state index in [9.17, 15) is 14.8 Å². The number of hydrogen-bond donors (Lipinski definition) is 2. The van der Waals surface area contributed by atoms with Gasteiger partial charge < -0.3 is 14.8 Å². The summed E-state index contributed by atoms with van der Waals surface area (Å²) >= 11 is -1.82. The van der Waals surface area contributed by atoms with Gasteiger partial charge in [0.05, 0.1) is 0 Å². The maximum Gasteiger partial charge on any atom is 0.229 e. The van der Waals surface area contributed by atoms with Gasteiger partial charge in [-0.05, 0) is 11.1 Å². The molecule has 0 heterocycles. The third-order valence-corrected chi connectivity index (χ3v) is 6.69. The molecule has 2 N–H and O–H groups in total. The number of aliphatic hydroxyl groups is 2. The van der Waals surface area contributed by atoms with Crippen LogP contribution < -0.4 is 0 Å². The Morgan fingerprint density at radius 1 is 0.750 bits per heavy atom. The van der Waals surface area contributed by atoms with Crippen LogP contribution in [0.3, 0.4) is 0 Å². The standard InChI is InChI=1S/C20H26O3S/c1-3-19(21,15-17-11-7-5-8-12-17)24(23)20(22,4-2)16-18-13-9-6-10-14-18/h5-14,21-22H,3-4,15-16H2,1-2H3. The van der Waals surface area contributed by atoms with E-state index >= 15 is 0 Å². The van der Waals surface area contributed by atoms with Crippen molar-refractivity contribution in [1.29, 1.82) is 0 Å². The summed E-state index contributed by atoms with van der Waals surface area (Å²) in [5.74, 6) is 0. The Kier molecular flexibility index (Phi) is 6.47. The molecule has 4 heteroatoms. The van der Waals surface area contributed by atoms with Gasteiger partial charge in [0.15, 0.2) is 0 Å². The third kappa shape index (κ3) is 4.39. The van der Waals surface area contributed by atoms with Gasteiger partial charge in [0, 0.05) is 36.9 Å². The van der Waals surface area contributed by atoms with Crippen LogP contribution in [0.15, 0.2) is 60.7 Å². The molecule has 0 saturated carbocycles. The van der Waals surface area contributed by atoms with E-state index in [1.807, 2.05) is 60.7 Å². The lowest BCUT2D eigenvalue weighted by molar-refractivity contribution is 0.0769. The summed E-state index contributed by atoms with van der Waals surface area (Å²) in [6.45, 7) is 3.61. The Balaban J connectivity index is 2.24. The summed E-state index contributed by atoms with van der Waals surface area (Å²) in [7, 11) is 0. The first-order chi connectivity index (χ1) is 11.4. The SMILES string of the molecule is CCC(O)(Cc1ccccc1)[S+]([O-])C(O)(CC)Cc1ccccc1. The summed E-state index contributed by atoms with van der Waals surface area (Å²) in [5, 5.41) is 22.1. The Hall–Kier alpha value is -1.33. The van der Waals surface area contributed by atoms with Gasteiger partial charge in [0.25, 0.3) is 0 Å². The van der Waals surface area contributed by atoms with E-state index in [1.165, 1.54) is 0 Å². The molecule has 0 fully saturated rings. The predicted octanol–water partition coefficient (Wildman–Crippen LogP) is 3.42. The second-order valence-corrected chi connectivity index (χ2v) is 8.25. The average Bonchev–Trinajstić information content (AvgIpc) is 2.62. The maximum atomic E-state index is 13.2. The van der Waals surface area contributed by atoms with Crippen molar-refractivity contribution < 1.29 is 14.8 Å². The molecule has 3 nitrogen and oxygen atoms in total. The second kappa shape index (κ2) is 8.17. The molecule has 0 radical (unpaired) electrons. The summed E-state index contributed by atoms with van der Waals surface area (Å²) in [6, 6.07) is 19.0. The van der Waals surface area contributed by atoms with Crippen molar-refractivity contribution in [3.05, 3.63) is 71.8 Å². The molecule has 24 heavy (non-hydrogen) atoms. The Labute approximate surface area is 147 Å². The minimum Gasteiger partial charge on any atom is -0.612 e. The van der Waals surface area contributed by atoms with Crippen LogP contribution in [0.1, 0.15) is 37.8 Å². The molecular weight excluding hydrogens is 320 g/mol. The van der Waals surface area contributed by atoms with E-state index in [0.717, 1.165) is 11.1 Å². The van der Waals surface area contributed by atoms with Crippen LogP contribution in [0.4, 0.5) is 0 Å². The smallest absolute Gasteiger partial charge is 0.229 e. The molecule has 0 aliphatic heterocycles. The molecule has 2 atom stereocenters. The molecule has 0 aromatic heterocycles. The van der Waals surface area contributed by atoms with E-state index in [-0.39, 0.29) is 12.8 Å². The lowest BCUT2D eigenvalue weighted by Gasteiger charge is -2.39. The van der Waals surface area contributed by atoms with E-state index < -0.39 is 21.0 Å². The van der Waals surface area contributed by atoms with E-state index in [0.29, 0.717) is 12.8 Å². The maximum absolute atomic E-state index is 13.2. The highest BCUT2D eigenvalue weighted by Gasteiger charge is 2.51. The molecule has 0 spiro atoms. The zero-order valence-corrected chi connectivity index (χ0v) is 15.1. The van der Waals surface area contributed by atoms with Crippen LogP contribution in [0, 0.1) is 0 Å². The highest BCUT2D eigenvalue weighted by molar-refractivity contribution is 7.93. The molecule has 0 aliphatic rings. The van der Waals surface area contributed by atoms with Crippen molar-refractivity contribution in [3.63, 3.8) is 0 Å². The minimum atomic E-state index is -1.82. The molecule has 0 amide bonds. The fourth-order valence-corrected chi connectivity index (χ4v) is 4.65. The van der Waals surface area contributed by atoms with Gasteiger partial charge in [-0.2, -0.15) is 0 Å². The van der Waals surface area contributed by atoms with Gasteiger partial charge in [0.2, 0.25) is 9.87 Å². The van der Waals surface area contributed by atoms with E-state index in [2.05, 4.69) is 0 Å². The normalized spacial score (nSPS) is 17.7. The third-order valence-electron chi connectivity index (χ3n) is 4.44. The van der Waals surface area contributed by atoms with Gasteiger partial charge in [-0.1, -0.05) is 74.5 Å². The first-order valence-electron chi connectivity index (χ1n) is 8.38. The van der Waals surface area contributed by atoms with E-state index in [4.69, 9.17) is 0 Å². The number of hydrogen-bond acceptors (Lipinski definition) is 3. The zero-order chi connectivity index (χ0) is 17.6. The van der Waals surface area contributed by atoms with Gasteiger partial charge in [-0.25, -0.2) is 0 Å². The molecule has 0 bridgehead atoms. The molecule has 2 unspecified atom stereocenters. The Bertz CT molecular complexity index is 564. The Morgan fingerprint density at radius 2 is 1.08 bits per heavy atom. The topological polar surface area (TPSA) is 63.5 Å². The zero-order valence-electron chi connectivity index (χ0n) is 14.3. The monoisotopic (exact) mass is 346 g/mol. The van der Waals surface area contributed by atoms with Crippen LogP contribution in [-0.4, -0.2) is 24.6 Å². The van der Waals surface area contributed by atoms with Crippen LogP contribution in [0.5, 0.6) is 0 Å². The highest BCUT2D eigenvalue weighted by Crippen LogP contribution is 2.36. The van der Waals surface area contributed by atoms with Gasteiger partial charge in [-0.15, -0.1) is 0 Å². The van der Waals surface area contributed by atoms with Gasteiger partial charge >= 0.3 is 0 Å². The van der Waals surface area contributed by atoms with Crippen LogP contribution >= 0.6 is 0 Å². The molecular formula is C20H26O3S. The summed E-state index contributed by atoms with van der Waals surface area (Å²) < 4.78 is 13.2.